The Bertz CT molecular complexity index is 655. The van der Waals surface area contributed by atoms with Gasteiger partial charge in [-0.3, -0.25) is 14.4 Å². The minimum absolute atomic E-state index is 0.0903. The van der Waals surface area contributed by atoms with Gasteiger partial charge >= 0.3 is 0 Å². The Labute approximate surface area is 162 Å². The van der Waals surface area contributed by atoms with Crippen LogP contribution in [0.1, 0.15) is 76.7 Å². The maximum absolute atomic E-state index is 12.6. The highest BCUT2D eigenvalue weighted by atomic mass is 16.5. The number of ether oxygens (including phenoxy) is 1. The van der Waals surface area contributed by atoms with E-state index in [0.29, 0.717) is 17.9 Å². The first-order chi connectivity index (χ1) is 13.1. The lowest BCUT2D eigenvalue weighted by Gasteiger charge is -2.13. The summed E-state index contributed by atoms with van der Waals surface area (Å²) in [7, 11) is 0. The van der Waals surface area contributed by atoms with Crippen molar-refractivity contribution in [3.63, 3.8) is 0 Å². The summed E-state index contributed by atoms with van der Waals surface area (Å²) in [6.07, 6.45) is 9.67. The van der Waals surface area contributed by atoms with Crippen LogP contribution in [0, 0.1) is 0 Å². The number of hydrogen-bond donors (Lipinski definition) is 0. The van der Waals surface area contributed by atoms with E-state index in [9.17, 15) is 14.4 Å². The average molecular weight is 373 g/mol. The molecule has 1 aliphatic rings. The van der Waals surface area contributed by atoms with Crippen LogP contribution in [0.15, 0.2) is 24.3 Å². The highest BCUT2D eigenvalue weighted by Crippen LogP contribution is 2.37. The normalized spacial score (nSPS) is 15.9. The predicted octanol–water partition coefficient (Wildman–Crippen LogP) is 4.39. The van der Waals surface area contributed by atoms with Gasteiger partial charge in [-0.1, -0.05) is 70.1 Å². The van der Waals surface area contributed by atoms with Crippen molar-refractivity contribution in [1.29, 1.82) is 0 Å². The van der Waals surface area contributed by atoms with Crippen LogP contribution in [-0.2, 0) is 19.1 Å². The molecule has 5 heteroatoms. The van der Waals surface area contributed by atoms with Gasteiger partial charge in [0.1, 0.15) is 12.5 Å². The number of nitrogens with zero attached hydrogens (tertiary/aromatic N) is 1. The van der Waals surface area contributed by atoms with Gasteiger partial charge in [0.05, 0.1) is 5.69 Å². The third kappa shape index (κ3) is 5.73. The van der Waals surface area contributed by atoms with E-state index in [0.717, 1.165) is 17.7 Å². The van der Waals surface area contributed by atoms with E-state index in [2.05, 4.69) is 6.92 Å². The molecule has 1 unspecified atom stereocenters. The van der Waals surface area contributed by atoms with Crippen molar-refractivity contribution in [3.05, 3.63) is 29.8 Å². The van der Waals surface area contributed by atoms with Crippen molar-refractivity contribution in [2.75, 3.05) is 18.1 Å². The Morgan fingerprint density at radius 1 is 1.00 bits per heavy atom. The van der Waals surface area contributed by atoms with Gasteiger partial charge in [0, 0.05) is 13.5 Å². The number of fused-ring (bicyclic) bond motifs is 1. The van der Waals surface area contributed by atoms with Gasteiger partial charge in [0.2, 0.25) is 11.8 Å². The quantitative estimate of drug-likeness (QED) is 0.403. The second-order valence-corrected chi connectivity index (χ2v) is 7.18. The smallest absolute Gasteiger partial charge is 0.249 e. The van der Waals surface area contributed by atoms with E-state index in [1.807, 2.05) is 0 Å². The number of ketones is 1. The zero-order valence-electron chi connectivity index (χ0n) is 16.5. The van der Waals surface area contributed by atoms with Gasteiger partial charge < -0.3 is 4.74 Å². The Morgan fingerprint density at radius 2 is 1.63 bits per heavy atom. The summed E-state index contributed by atoms with van der Waals surface area (Å²) in [5.74, 6) is -2.05. The summed E-state index contributed by atoms with van der Waals surface area (Å²) < 4.78 is 5.51. The Hall–Kier alpha value is -2.01. The fourth-order valence-corrected chi connectivity index (χ4v) is 3.55. The van der Waals surface area contributed by atoms with Crippen molar-refractivity contribution in [2.24, 2.45) is 0 Å². The number of rotatable bonds is 12. The highest BCUT2D eigenvalue weighted by molar-refractivity contribution is 6.27. The molecule has 0 aromatic heterocycles. The Balaban J connectivity index is 1.73. The molecule has 2 rings (SSSR count). The van der Waals surface area contributed by atoms with E-state index in [4.69, 9.17) is 4.74 Å². The molecule has 0 aliphatic carbocycles. The molecule has 0 saturated heterocycles. The number of unbranched alkanes of at least 4 members (excludes halogenated alkanes) is 7. The van der Waals surface area contributed by atoms with Crippen LogP contribution in [0.4, 0.5) is 5.69 Å². The van der Waals surface area contributed by atoms with Crippen molar-refractivity contribution >= 4 is 23.3 Å². The number of carbonyl (C=O) groups is 3. The summed E-state index contributed by atoms with van der Waals surface area (Å²) in [6.45, 7) is 3.99. The second-order valence-electron chi connectivity index (χ2n) is 7.18. The topological polar surface area (TPSA) is 63.7 Å². The lowest BCUT2D eigenvalue weighted by molar-refractivity contribution is -0.132. The molecule has 0 radical (unpaired) electrons. The number of para-hydroxylation sites is 1. The monoisotopic (exact) mass is 373 g/mol. The first-order valence-electron chi connectivity index (χ1n) is 10.1. The summed E-state index contributed by atoms with van der Waals surface area (Å²) in [5.41, 5.74) is 1.11. The molecule has 1 aromatic carbocycles. The van der Waals surface area contributed by atoms with Gasteiger partial charge in [-0.2, -0.15) is 0 Å². The molecule has 2 amide bonds. The number of anilines is 1. The van der Waals surface area contributed by atoms with Crippen molar-refractivity contribution in [2.45, 2.75) is 71.1 Å². The largest absolute Gasteiger partial charge is 0.374 e. The van der Waals surface area contributed by atoms with Crippen molar-refractivity contribution in [3.8, 4) is 0 Å². The zero-order valence-corrected chi connectivity index (χ0v) is 16.5. The SMILES string of the molecule is CCCCCCCCCCOCC(=O)C1C(=O)N(C(C)=O)c2ccccc21. The molecule has 0 fully saturated rings. The Morgan fingerprint density at radius 3 is 2.30 bits per heavy atom. The maximum Gasteiger partial charge on any atom is 0.249 e. The molecule has 1 aliphatic heterocycles. The fraction of sp³-hybridized carbons (Fsp3) is 0.591. The van der Waals surface area contributed by atoms with E-state index >= 15 is 0 Å². The van der Waals surface area contributed by atoms with E-state index in [1.165, 1.54) is 45.4 Å². The predicted molar refractivity (Wildman–Crippen MR) is 106 cm³/mol. The molecule has 148 valence electrons. The van der Waals surface area contributed by atoms with Gasteiger partial charge in [-0.05, 0) is 18.1 Å². The molecule has 27 heavy (non-hydrogen) atoms. The van der Waals surface area contributed by atoms with Gasteiger partial charge in [-0.25, -0.2) is 4.90 Å². The molecule has 1 heterocycles. The van der Waals surface area contributed by atoms with Crippen LogP contribution in [-0.4, -0.2) is 30.8 Å². The maximum atomic E-state index is 12.6. The van der Waals surface area contributed by atoms with Crippen LogP contribution in [0.3, 0.4) is 0 Å². The van der Waals surface area contributed by atoms with Crippen LogP contribution >= 0.6 is 0 Å². The second kappa shape index (κ2) is 11.0. The van der Waals surface area contributed by atoms with Crippen LogP contribution in [0.25, 0.3) is 0 Å². The van der Waals surface area contributed by atoms with Gasteiger partial charge in [-0.15, -0.1) is 0 Å². The summed E-state index contributed by atoms with van der Waals surface area (Å²) in [5, 5.41) is 0. The molecule has 0 N–H and O–H groups in total. The first-order valence-corrected chi connectivity index (χ1v) is 10.1. The first kappa shape index (κ1) is 21.3. The number of benzene rings is 1. The number of amides is 2. The minimum Gasteiger partial charge on any atom is -0.374 e. The van der Waals surface area contributed by atoms with Crippen LogP contribution < -0.4 is 4.90 Å². The standard InChI is InChI=1S/C22H31NO4/c1-3-4-5-6-7-8-9-12-15-27-16-20(25)21-18-13-10-11-14-19(18)23(17(2)24)22(21)26/h10-11,13-14,21H,3-9,12,15-16H2,1-2H3. The average Bonchev–Trinajstić information content (AvgIpc) is 2.95. The van der Waals surface area contributed by atoms with Crippen molar-refractivity contribution < 1.29 is 19.1 Å². The van der Waals surface area contributed by atoms with E-state index < -0.39 is 11.8 Å². The third-order valence-corrected chi connectivity index (χ3v) is 4.98. The molecule has 1 atom stereocenters. The van der Waals surface area contributed by atoms with E-state index in [-0.39, 0.29) is 18.3 Å². The van der Waals surface area contributed by atoms with Crippen LogP contribution in [0.2, 0.25) is 0 Å². The number of hydrogen-bond acceptors (Lipinski definition) is 4. The summed E-state index contributed by atoms with van der Waals surface area (Å²) >= 11 is 0. The summed E-state index contributed by atoms with van der Waals surface area (Å²) in [4.78, 5) is 38.0. The highest BCUT2D eigenvalue weighted by Gasteiger charge is 2.43. The molecular formula is C22H31NO4. The Kier molecular flexibility index (Phi) is 8.65. The van der Waals surface area contributed by atoms with Crippen molar-refractivity contribution in [1.82, 2.24) is 0 Å². The third-order valence-electron chi connectivity index (χ3n) is 4.98. The number of Topliss-reactive ketones (excluding diaryl/α,β-unsaturated/α-hetero) is 1. The molecule has 0 spiro atoms. The molecule has 5 nitrogen and oxygen atoms in total. The number of carbonyl (C=O) groups excluding carboxylic acids is 3. The lowest BCUT2D eigenvalue weighted by atomic mass is 9.96. The zero-order chi connectivity index (χ0) is 19.6. The minimum atomic E-state index is -0.927. The molecular weight excluding hydrogens is 342 g/mol. The van der Waals surface area contributed by atoms with Gasteiger partial charge in [0.15, 0.2) is 5.78 Å². The molecule has 0 bridgehead atoms. The molecule has 1 aromatic rings. The van der Waals surface area contributed by atoms with E-state index in [1.54, 1.807) is 24.3 Å². The lowest BCUT2D eigenvalue weighted by Crippen LogP contribution is -2.36. The summed E-state index contributed by atoms with van der Waals surface area (Å²) in [6, 6.07) is 6.96. The van der Waals surface area contributed by atoms with Gasteiger partial charge in [0.25, 0.3) is 0 Å². The fourth-order valence-electron chi connectivity index (χ4n) is 3.55. The molecule has 0 saturated carbocycles. The van der Waals surface area contributed by atoms with Crippen LogP contribution in [0.5, 0.6) is 0 Å². The number of imide groups is 1.